The maximum absolute atomic E-state index is 12.2. The summed E-state index contributed by atoms with van der Waals surface area (Å²) in [7, 11) is -0.558. The Morgan fingerprint density at radius 3 is 2.24 bits per heavy atom. The van der Waals surface area contributed by atoms with Crippen LogP contribution in [0, 0.1) is 17.2 Å². The largest absolute Gasteiger partial charge is 0.251 e. The number of nitrogens with zero attached hydrogens (tertiary/aromatic N) is 1. The SMILES string of the molecule is N#Cc1ccc(C2CC[SiH]([C@H]3CC[C@H](CCCCF)CC3)CC2)cc1. The van der Waals surface area contributed by atoms with Crippen molar-refractivity contribution < 1.29 is 4.39 Å². The molecule has 0 aromatic heterocycles. The Kier molecular flexibility index (Phi) is 7.10. The predicted molar refractivity (Wildman–Crippen MR) is 105 cm³/mol. The molecule has 0 N–H and O–H groups in total. The first-order chi connectivity index (χ1) is 12.3. The van der Waals surface area contributed by atoms with E-state index in [1.54, 1.807) is 0 Å². The first-order valence-corrected chi connectivity index (χ1v) is 12.7. The van der Waals surface area contributed by atoms with Crippen molar-refractivity contribution in [3.63, 3.8) is 0 Å². The van der Waals surface area contributed by atoms with Crippen LogP contribution in [0.15, 0.2) is 24.3 Å². The molecule has 136 valence electrons. The van der Waals surface area contributed by atoms with Crippen LogP contribution >= 0.6 is 0 Å². The van der Waals surface area contributed by atoms with Crippen LogP contribution in [0.25, 0.3) is 0 Å². The van der Waals surface area contributed by atoms with Crippen LogP contribution in [0.4, 0.5) is 4.39 Å². The number of nitriles is 1. The third-order valence-electron chi connectivity index (χ3n) is 6.84. The van der Waals surface area contributed by atoms with E-state index >= 15 is 0 Å². The number of unbranched alkanes of at least 4 members (excludes halogenated alkanes) is 1. The molecule has 0 unspecified atom stereocenters. The van der Waals surface area contributed by atoms with E-state index in [0.717, 1.165) is 35.8 Å². The summed E-state index contributed by atoms with van der Waals surface area (Å²) in [5, 5.41) is 8.94. The van der Waals surface area contributed by atoms with E-state index < -0.39 is 8.80 Å². The zero-order valence-electron chi connectivity index (χ0n) is 15.4. The smallest absolute Gasteiger partial charge is 0.0991 e. The summed E-state index contributed by atoms with van der Waals surface area (Å²) in [6, 6.07) is 13.5. The molecule has 1 aromatic carbocycles. The van der Waals surface area contributed by atoms with E-state index in [-0.39, 0.29) is 6.67 Å². The van der Waals surface area contributed by atoms with Crippen LogP contribution in [0.1, 0.15) is 74.8 Å². The van der Waals surface area contributed by atoms with Crippen molar-refractivity contribution in [2.24, 2.45) is 5.92 Å². The van der Waals surface area contributed by atoms with E-state index in [9.17, 15) is 4.39 Å². The standard InChI is InChI=1S/C22H32FNSi/c23-14-2-1-3-18-6-10-22(11-7-18)25-15-12-21(13-16-25)20-8-4-19(17-24)5-9-20/h4-5,8-9,18,21-22,25H,1-3,6-7,10-16H2/t18-,21?,22-,25?. The molecule has 1 saturated carbocycles. The van der Waals surface area contributed by atoms with E-state index in [1.165, 1.54) is 62.6 Å². The van der Waals surface area contributed by atoms with E-state index in [4.69, 9.17) is 5.26 Å². The lowest BCUT2D eigenvalue weighted by Gasteiger charge is -2.37. The molecule has 1 saturated heterocycles. The van der Waals surface area contributed by atoms with Crippen LogP contribution in [-0.4, -0.2) is 15.5 Å². The zero-order chi connectivity index (χ0) is 17.5. The Balaban J connectivity index is 1.41. The van der Waals surface area contributed by atoms with Crippen LogP contribution < -0.4 is 0 Å². The molecule has 0 bridgehead atoms. The van der Waals surface area contributed by atoms with Gasteiger partial charge in [-0.05, 0) is 54.3 Å². The molecule has 1 heterocycles. The van der Waals surface area contributed by atoms with Gasteiger partial charge in [-0.2, -0.15) is 5.26 Å². The number of rotatable bonds is 6. The number of hydrogen-bond donors (Lipinski definition) is 0. The van der Waals surface area contributed by atoms with Crippen molar-refractivity contribution in [1.29, 1.82) is 5.26 Å². The lowest BCUT2D eigenvalue weighted by atomic mass is 9.85. The normalized spacial score (nSPS) is 29.9. The van der Waals surface area contributed by atoms with Crippen molar-refractivity contribution in [2.45, 2.75) is 81.3 Å². The molecular weight excluding hydrogens is 325 g/mol. The lowest BCUT2D eigenvalue weighted by molar-refractivity contribution is 0.318. The second kappa shape index (κ2) is 9.53. The van der Waals surface area contributed by atoms with Gasteiger partial charge in [-0.15, -0.1) is 0 Å². The average Bonchev–Trinajstić information content (AvgIpc) is 2.69. The van der Waals surface area contributed by atoms with Crippen molar-refractivity contribution in [3.05, 3.63) is 35.4 Å². The molecule has 1 aromatic rings. The monoisotopic (exact) mass is 357 g/mol. The summed E-state index contributed by atoms with van der Waals surface area (Å²) < 4.78 is 12.2. The number of halogens is 1. The highest BCUT2D eigenvalue weighted by atomic mass is 28.3. The second-order valence-corrected chi connectivity index (χ2v) is 11.9. The van der Waals surface area contributed by atoms with Gasteiger partial charge in [-0.3, -0.25) is 4.39 Å². The number of hydrogen-bond acceptors (Lipinski definition) is 1. The Labute approximate surface area is 154 Å². The second-order valence-electron chi connectivity index (χ2n) is 8.31. The van der Waals surface area contributed by atoms with Crippen molar-refractivity contribution in [1.82, 2.24) is 0 Å². The molecule has 3 heteroatoms. The van der Waals surface area contributed by atoms with Crippen LogP contribution in [0.5, 0.6) is 0 Å². The molecule has 0 atom stereocenters. The van der Waals surface area contributed by atoms with Crippen molar-refractivity contribution >= 4 is 8.80 Å². The Bertz CT molecular complexity index is 548. The molecule has 3 rings (SSSR count). The van der Waals surface area contributed by atoms with Gasteiger partial charge in [0.1, 0.15) is 0 Å². The molecule has 1 aliphatic heterocycles. The number of alkyl halides is 1. The molecule has 2 aliphatic rings. The minimum atomic E-state index is -0.558. The third kappa shape index (κ3) is 5.17. The quantitative estimate of drug-likeness (QED) is 0.429. The first kappa shape index (κ1) is 18.6. The van der Waals surface area contributed by atoms with Gasteiger partial charge in [0.05, 0.1) is 18.3 Å². The van der Waals surface area contributed by atoms with E-state index in [1.807, 2.05) is 12.1 Å². The molecule has 1 nitrogen and oxygen atoms in total. The molecule has 0 radical (unpaired) electrons. The van der Waals surface area contributed by atoms with Gasteiger partial charge in [-0.25, -0.2) is 0 Å². The summed E-state index contributed by atoms with van der Waals surface area (Å²) in [4.78, 5) is 0. The Morgan fingerprint density at radius 2 is 1.64 bits per heavy atom. The molecule has 0 amide bonds. The van der Waals surface area contributed by atoms with E-state index in [2.05, 4.69) is 18.2 Å². The lowest BCUT2D eigenvalue weighted by Crippen LogP contribution is -2.29. The minimum absolute atomic E-state index is 0.134. The van der Waals surface area contributed by atoms with Gasteiger partial charge in [0, 0.05) is 8.80 Å². The molecule has 2 fully saturated rings. The Morgan fingerprint density at radius 1 is 0.960 bits per heavy atom. The highest BCUT2D eigenvalue weighted by Crippen LogP contribution is 2.43. The van der Waals surface area contributed by atoms with E-state index in [0.29, 0.717) is 0 Å². The van der Waals surface area contributed by atoms with Gasteiger partial charge < -0.3 is 0 Å². The first-order valence-electron chi connectivity index (χ1n) is 10.4. The summed E-state index contributed by atoms with van der Waals surface area (Å²) in [5.41, 5.74) is 3.30. The fourth-order valence-corrected chi connectivity index (χ4v) is 9.45. The van der Waals surface area contributed by atoms with Crippen LogP contribution in [-0.2, 0) is 0 Å². The molecule has 0 spiro atoms. The summed E-state index contributed by atoms with van der Waals surface area (Å²) in [5.74, 6) is 1.63. The number of benzene rings is 1. The fraction of sp³-hybridized carbons (Fsp3) is 0.682. The fourth-order valence-electron chi connectivity index (χ4n) is 5.23. The zero-order valence-corrected chi connectivity index (χ0v) is 16.6. The Hall–Kier alpha value is -1.14. The topological polar surface area (TPSA) is 23.8 Å². The van der Waals surface area contributed by atoms with Gasteiger partial charge in [0.2, 0.25) is 0 Å². The maximum Gasteiger partial charge on any atom is 0.0991 e. The van der Waals surface area contributed by atoms with Crippen LogP contribution in [0.2, 0.25) is 17.6 Å². The third-order valence-corrected chi connectivity index (χ3v) is 11.0. The summed E-state index contributed by atoms with van der Waals surface area (Å²) in [6.07, 6.45) is 11.7. The minimum Gasteiger partial charge on any atom is -0.251 e. The van der Waals surface area contributed by atoms with Gasteiger partial charge in [0.15, 0.2) is 0 Å². The molecule has 25 heavy (non-hydrogen) atoms. The van der Waals surface area contributed by atoms with Gasteiger partial charge in [0.25, 0.3) is 0 Å². The highest BCUT2D eigenvalue weighted by molar-refractivity contribution is 6.60. The summed E-state index contributed by atoms with van der Waals surface area (Å²) in [6.45, 7) is -0.134. The molecule has 1 aliphatic carbocycles. The van der Waals surface area contributed by atoms with Crippen LogP contribution in [0.3, 0.4) is 0 Å². The average molecular weight is 358 g/mol. The molecular formula is C22H32FNSi. The summed E-state index contributed by atoms with van der Waals surface area (Å²) >= 11 is 0. The van der Waals surface area contributed by atoms with Gasteiger partial charge >= 0.3 is 0 Å². The van der Waals surface area contributed by atoms with Crippen molar-refractivity contribution in [2.75, 3.05) is 6.67 Å². The van der Waals surface area contributed by atoms with Gasteiger partial charge in [-0.1, -0.05) is 62.7 Å². The maximum atomic E-state index is 12.2. The predicted octanol–water partition coefficient (Wildman–Crippen LogP) is 6.36. The van der Waals surface area contributed by atoms with Crippen molar-refractivity contribution in [3.8, 4) is 6.07 Å². The highest BCUT2D eigenvalue weighted by Gasteiger charge is 2.32.